The largest absolute Gasteiger partial charge is 0.383 e. The summed E-state index contributed by atoms with van der Waals surface area (Å²) in [6.45, 7) is 6.88. The molecule has 0 unspecified atom stereocenters. The van der Waals surface area contributed by atoms with Crippen LogP contribution in [-0.2, 0) is 0 Å². The van der Waals surface area contributed by atoms with E-state index < -0.39 is 0 Å². The Hall–Kier alpha value is -0.220. The Morgan fingerprint density at radius 2 is 1.67 bits per heavy atom. The smallest absolute Gasteiger partial charge is 0.0750 e. The van der Waals surface area contributed by atoms with E-state index in [0.29, 0.717) is 0 Å². The summed E-state index contributed by atoms with van der Waals surface area (Å²) in [5.74, 6) is 0. The first-order valence-corrected chi connectivity index (χ1v) is 4.85. The molecule has 0 aromatic rings. The Kier molecular flexibility index (Phi) is 12.9. The molecule has 0 aliphatic carbocycles. The summed E-state index contributed by atoms with van der Waals surface area (Å²) in [6, 6.07) is 0. The van der Waals surface area contributed by atoms with Crippen LogP contribution < -0.4 is 10.6 Å². The molecule has 0 bridgehead atoms. The fourth-order valence-corrected chi connectivity index (χ4v) is 0.467. The first-order chi connectivity index (χ1) is 5.58. The molecule has 0 aromatic heterocycles. The fraction of sp³-hybridized carbons (Fsp3) is 0.750. The monoisotopic (exact) mass is 206 g/mol. The van der Waals surface area contributed by atoms with Crippen LogP contribution in [-0.4, -0.2) is 23.6 Å². The van der Waals surface area contributed by atoms with E-state index in [-0.39, 0.29) is 0 Å². The molecule has 0 atom stereocenters. The van der Waals surface area contributed by atoms with Gasteiger partial charge < -0.3 is 10.6 Å². The molecule has 0 aromatic carbocycles. The van der Waals surface area contributed by atoms with Crippen LogP contribution in [0.5, 0.6) is 0 Å². The molecule has 0 aliphatic heterocycles. The number of hydrogen-bond donors (Lipinski definition) is 2. The lowest BCUT2D eigenvalue weighted by atomic mass is 10.5. The zero-order chi connectivity index (χ0) is 9.98. The Bertz CT molecular complexity index is 135. The third-order valence-electron chi connectivity index (χ3n) is 1.05. The van der Waals surface area contributed by atoms with Crippen molar-refractivity contribution in [3.63, 3.8) is 0 Å². The van der Waals surface area contributed by atoms with Gasteiger partial charge in [-0.25, -0.2) is 0 Å². The summed E-state index contributed by atoms with van der Waals surface area (Å²) in [5, 5.41) is 5.79. The van der Waals surface area contributed by atoms with E-state index in [1.54, 1.807) is 0 Å². The van der Waals surface area contributed by atoms with Gasteiger partial charge in [0.05, 0.1) is 9.98 Å². The lowest BCUT2D eigenvalue weighted by molar-refractivity contribution is 0.956. The van der Waals surface area contributed by atoms with E-state index in [0.717, 1.165) is 22.9 Å². The molecule has 72 valence electrons. The van der Waals surface area contributed by atoms with E-state index in [4.69, 9.17) is 12.2 Å². The maximum absolute atomic E-state index is 4.84. The van der Waals surface area contributed by atoms with Crippen LogP contribution in [0.1, 0.15) is 27.2 Å². The molecule has 2 nitrogen and oxygen atoms in total. The second-order valence-electron chi connectivity index (χ2n) is 2.11. The van der Waals surface area contributed by atoms with Crippen molar-refractivity contribution >= 4 is 34.4 Å². The van der Waals surface area contributed by atoms with Crippen molar-refractivity contribution in [2.24, 2.45) is 0 Å². The highest BCUT2D eigenvalue weighted by Gasteiger charge is 1.82. The topological polar surface area (TPSA) is 24.1 Å². The molecular formula is C8H18N2S2. The Balaban J connectivity index is 0. The van der Waals surface area contributed by atoms with Gasteiger partial charge in [-0.05, 0) is 20.3 Å². The van der Waals surface area contributed by atoms with Gasteiger partial charge in [0.1, 0.15) is 0 Å². The predicted molar refractivity (Wildman–Crippen MR) is 63.9 cm³/mol. The normalized spacial score (nSPS) is 7.67. The molecule has 0 saturated heterocycles. The van der Waals surface area contributed by atoms with E-state index in [1.807, 2.05) is 27.8 Å². The second-order valence-corrected chi connectivity index (χ2v) is 3.22. The molecular weight excluding hydrogens is 188 g/mol. The van der Waals surface area contributed by atoms with Gasteiger partial charge in [0.25, 0.3) is 0 Å². The first-order valence-electron chi connectivity index (χ1n) is 4.03. The molecule has 2 N–H and O–H groups in total. The number of nitrogens with one attached hydrogen (secondary N) is 2. The maximum atomic E-state index is 4.84. The number of rotatable bonds is 2. The van der Waals surface area contributed by atoms with Crippen LogP contribution in [0.3, 0.4) is 0 Å². The molecule has 0 fully saturated rings. The van der Waals surface area contributed by atoms with Crippen molar-refractivity contribution < 1.29 is 0 Å². The van der Waals surface area contributed by atoms with Crippen molar-refractivity contribution in [2.75, 3.05) is 13.6 Å². The standard InChI is InChI=1S/C5H11NS.C3H7NS/c1-3-5(7)6-4-2;1-3(5)4-2/h3-4H2,1-2H3,(H,6,7);1-2H3,(H,4,5). The first kappa shape index (κ1) is 14.3. The van der Waals surface area contributed by atoms with Crippen LogP contribution in [0.4, 0.5) is 0 Å². The van der Waals surface area contributed by atoms with E-state index in [2.05, 4.69) is 22.9 Å². The third-order valence-corrected chi connectivity index (χ3v) is 1.68. The number of thiocarbonyl (C=S) groups is 2. The molecule has 0 heterocycles. The summed E-state index contributed by atoms with van der Waals surface area (Å²) in [5.41, 5.74) is 0. The molecule has 0 amide bonds. The summed E-state index contributed by atoms with van der Waals surface area (Å²) < 4.78 is 0. The van der Waals surface area contributed by atoms with Gasteiger partial charge in [-0.15, -0.1) is 0 Å². The Morgan fingerprint density at radius 3 is 1.75 bits per heavy atom. The van der Waals surface area contributed by atoms with Gasteiger partial charge in [-0.2, -0.15) is 0 Å². The minimum absolute atomic E-state index is 0.838. The highest BCUT2D eigenvalue weighted by Crippen LogP contribution is 1.76. The molecule has 0 aliphatic rings. The van der Waals surface area contributed by atoms with Crippen molar-refractivity contribution in [3.8, 4) is 0 Å². The van der Waals surface area contributed by atoms with E-state index in [1.165, 1.54) is 0 Å². The predicted octanol–water partition coefficient (Wildman–Crippen LogP) is 1.89. The molecule has 0 spiro atoms. The van der Waals surface area contributed by atoms with Gasteiger partial charge >= 0.3 is 0 Å². The van der Waals surface area contributed by atoms with Crippen molar-refractivity contribution in [1.82, 2.24) is 10.6 Å². The minimum Gasteiger partial charge on any atom is -0.383 e. The van der Waals surface area contributed by atoms with Crippen molar-refractivity contribution in [1.29, 1.82) is 0 Å². The average Bonchev–Trinajstić information content (AvgIpc) is 2.06. The second kappa shape index (κ2) is 10.8. The van der Waals surface area contributed by atoms with Crippen LogP contribution in [0.2, 0.25) is 0 Å². The van der Waals surface area contributed by atoms with E-state index >= 15 is 0 Å². The molecule has 0 saturated carbocycles. The van der Waals surface area contributed by atoms with Crippen LogP contribution in [0.25, 0.3) is 0 Å². The molecule has 0 radical (unpaired) electrons. The lowest BCUT2D eigenvalue weighted by Crippen LogP contribution is -2.18. The van der Waals surface area contributed by atoms with Crippen LogP contribution in [0, 0.1) is 0 Å². The third kappa shape index (κ3) is 16.4. The van der Waals surface area contributed by atoms with Gasteiger partial charge in [0.2, 0.25) is 0 Å². The summed E-state index contributed by atoms with van der Waals surface area (Å²) in [6.07, 6.45) is 0.961. The zero-order valence-corrected chi connectivity index (χ0v) is 9.86. The van der Waals surface area contributed by atoms with Gasteiger partial charge in [-0.1, -0.05) is 31.4 Å². The van der Waals surface area contributed by atoms with Gasteiger partial charge in [-0.3, -0.25) is 0 Å². The van der Waals surface area contributed by atoms with Gasteiger partial charge in [0.15, 0.2) is 0 Å². The Labute approximate surface area is 86.1 Å². The highest BCUT2D eigenvalue weighted by molar-refractivity contribution is 7.80. The number of hydrogen-bond acceptors (Lipinski definition) is 2. The lowest BCUT2D eigenvalue weighted by Gasteiger charge is -1.97. The summed E-state index contributed by atoms with van der Waals surface area (Å²) in [4.78, 5) is 1.80. The van der Waals surface area contributed by atoms with Crippen LogP contribution in [0.15, 0.2) is 0 Å². The average molecular weight is 206 g/mol. The molecule has 4 heteroatoms. The summed E-state index contributed by atoms with van der Waals surface area (Å²) >= 11 is 9.43. The SMILES string of the molecule is CCNC(=S)CC.CNC(C)=S. The zero-order valence-electron chi connectivity index (χ0n) is 8.23. The quantitative estimate of drug-likeness (QED) is 0.674. The summed E-state index contributed by atoms with van der Waals surface area (Å²) in [7, 11) is 1.81. The van der Waals surface area contributed by atoms with Crippen molar-refractivity contribution in [2.45, 2.75) is 27.2 Å². The highest BCUT2D eigenvalue weighted by atomic mass is 32.1. The molecule has 12 heavy (non-hydrogen) atoms. The van der Waals surface area contributed by atoms with Crippen LogP contribution >= 0.6 is 24.4 Å². The van der Waals surface area contributed by atoms with E-state index in [9.17, 15) is 0 Å². The molecule has 0 rings (SSSR count). The fourth-order valence-electron chi connectivity index (χ4n) is 0.322. The van der Waals surface area contributed by atoms with Crippen molar-refractivity contribution in [3.05, 3.63) is 0 Å². The Morgan fingerprint density at radius 1 is 1.25 bits per heavy atom. The van der Waals surface area contributed by atoms with Gasteiger partial charge in [0, 0.05) is 13.6 Å². The minimum atomic E-state index is 0.838. The maximum Gasteiger partial charge on any atom is 0.0750 e.